The van der Waals surface area contributed by atoms with Crippen molar-refractivity contribution in [2.75, 3.05) is 7.05 Å². The lowest BCUT2D eigenvalue weighted by Crippen LogP contribution is -2.33. The summed E-state index contributed by atoms with van der Waals surface area (Å²) in [5.74, 6) is -0.236. The highest BCUT2D eigenvalue weighted by molar-refractivity contribution is 7.89. The first-order valence-corrected chi connectivity index (χ1v) is 13.1. The number of carbonyl (C=O) groups is 1. The van der Waals surface area contributed by atoms with E-state index in [4.69, 9.17) is 5.10 Å². The van der Waals surface area contributed by atoms with Crippen molar-refractivity contribution in [3.8, 4) is 5.69 Å². The van der Waals surface area contributed by atoms with Crippen LogP contribution in [0.4, 0.5) is 0 Å². The van der Waals surface area contributed by atoms with Gasteiger partial charge < -0.3 is 4.90 Å². The summed E-state index contributed by atoms with van der Waals surface area (Å²) in [4.78, 5) is 14.9. The summed E-state index contributed by atoms with van der Waals surface area (Å²) in [7, 11) is -1.94. The molecule has 0 spiro atoms. The van der Waals surface area contributed by atoms with Crippen LogP contribution in [0, 0.1) is 20.8 Å². The molecule has 0 saturated heterocycles. The standard InChI is InChI=1S/C26H32N4O3S/c1-18-10-5-8-15-25(18)30-20(3)24(19(2)27-30)17-29(4)26(31)21-11-9-14-23(16-21)34(32,33)28-22-12-6-7-13-22/h5,8-11,14-16,22,28H,6-7,12-13,17H2,1-4H3. The molecule has 1 aliphatic carbocycles. The van der Waals surface area contributed by atoms with Gasteiger partial charge in [-0.05, 0) is 63.4 Å². The second-order valence-corrected chi connectivity index (χ2v) is 10.9. The van der Waals surface area contributed by atoms with E-state index in [1.165, 1.54) is 12.1 Å². The molecular weight excluding hydrogens is 448 g/mol. The Balaban J connectivity index is 1.54. The number of aryl methyl sites for hydroxylation is 2. The van der Waals surface area contributed by atoms with Gasteiger partial charge >= 0.3 is 0 Å². The van der Waals surface area contributed by atoms with Crippen molar-refractivity contribution in [2.45, 2.75) is 63.9 Å². The van der Waals surface area contributed by atoms with Crippen molar-refractivity contribution < 1.29 is 13.2 Å². The Hall–Kier alpha value is -2.97. The molecule has 1 aliphatic rings. The topological polar surface area (TPSA) is 84.3 Å². The van der Waals surface area contributed by atoms with Crippen LogP contribution in [-0.2, 0) is 16.6 Å². The number of nitrogens with zero attached hydrogens (tertiary/aromatic N) is 3. The van der Waals surface area contributed by atoms with Gasteiger partial charge in [-0.2, -0.15) is 5.10 Å². The molecule has 1 saturated carbocycles. The number of rotatable bonds is 7. The molecule has 0 radical (unpaired) electrons. The van der Waals surface area contributed by atoms with Crippen LogP contribution in [0.2, 0.25) is 0 Å². The maximum atomic E-state index is 13.2. The second kappa shape index (κ2) is 9.72. The number of hydrogen-bond acceptors (Lipinski definition) is 4. The van der Waals surface area contributed by atoms with Crippen molar-refractivity contribution in [1.29, 1.82) is 0 Å². The highest BCUT2D eigenvalue weighted by Gasteiger charge is 2.24. The Morgan fingerprint density at radius 2 is 1.79 bits per heavy atom. The predicted octanol–water partition coefficient (Wildman–Crippen LogP) is 4.29. The Morgan fingerprint density at radius 1 is 1.09 bits per heavy atom. The normalized spacial score (nSPS) is 14.5. The molecule has 0 unspecified atom stereocenters. The fourth-order valence-corrected chi connectivity index (χ4v) is 5.95. The van der Waals surface area contributed by atoms with Crippen molar-refractivity contribution in [3.63, 3.8) is 0 Å². The van der Waals surface area contributed by atoms with Crippen LogP contribution in [-0.4, -0.2) is 42.1 Å². The van der Waals surface area contributed by atoms with E-state index < -0.39 is 10.0 Å². The average molecular weight is 481 g/mol. The molecule has 1 aromatic heterocycles. The van der Waals surface area contributed by atoms with E-state index in [0.717, 1.165) is 53.9 Å². The van der Waals surface area contributed by atoms with Crippen LogP contribution >= 0.6 is 0 Å². The Bertz CT molecular complexity index is 1310. The van der Waals surface area contributed by atoms with Crippen LogP contribution < -0.4 is 4.72 Å². The van der Waals surface area contributed by atoms with Gasteiger partial charge in [-0.1, -0.05) is 37.1 Å². The third-order valence-corrected chi connectivity index (χ3v) is 8.11. The molecule has 1 N–H and O–H groups in total. The van der Waals surface area contributed by atoms with Gasteiger partial charge in [0, 0.05) is 36.5 Å². The molecule has 7 nitrogen and oxygen atoms in total. The van der Waals surface area contributed by atoms with Crippen LogP contribution in [0.15, 0.2) is 53.4 Å². The zero-order valence-electron chi connectivity index (χ0n) is 20.2. The average Bonchev–Trinajstić information content (AvgIpc) is 3.42. The minimum Gasteiger partial charge on any atom is -0.337 e. The van der Waals surface area contributed by atoms with Crippen LogP contribution in [0.3, 0.4) is 0 Å². The molecule has 180 valence electrons. The molecule has 2 aromatic carbocycles. The zero-order chi connectivity index (χ0) is 24.5. The van der Waals surface area contributed by atoms with E-state index in [1.807, 2.05) is 49.7 Å². The zero-order valence-corrected chi connectivity index (χ0v) is 21.0. The smallest absolute Gasteiger partial charge is 0.253 e. The lowest BCUT2D eigenvalue weighted by Gasteiger charge is -2.19. The summed E-state index contributed by atoms with van der Waals surface area (Å²) >= 11 is 0. The molecule has 0 bridgehead atoms. The Kier molecular flexibility index (Phi) is 6.91. The molecule has 34 heavy (non-hydrogen) atoms. The summed E-state index contributed by atoms with van der Waals surface area (Å²) in [6, 6.07) is 14.3. The van der Waals surface area contributed by atoms with Crippen LogP contribution in [0.1, 0.15) is 58.6 Å². The van der Waals surface area contributed by atoms with E-state index in [2.05, 4.69) is 4.72 Å². The van der Waals surface area contributed by atoms with Crippen molar-refractivity contribution in [1.82, 2.24) is 19.4 Å². The van der Waals surface area contributed by atoms with Crippen LogP contribution in [0.25, 0.3) is 5.69 Å². The van der Waals surface area contributed by atoms with Gasteiger partial charge in [-0.25, -0.2) is 17.8 Å². The lowest BCUT2D eigenvalue weighted by molar-refractivity contribution is 0.0784. The quantitative estimate of drug-likeness (QED) is 0.547. The molecule has 1 amide bonds. The number of sulfonamides is 1. The van der Waals surface area contributed by atoms with E-state index >= 15 is 0 Å². The SMILES string of the molecule is Cc1ccccc1-n1nc(C)c(CN(C)C(=O)c2cccc(S(=O)(=O)NC3CCCC3)c2)c1C. The number of benzene rings is 2. The molecule has 3 aromatic rings. The van der Waals surface area contributed by atoms with Gasteiger partial charge in [0.15, 0.2) is 0 Å². The van der Waals surface area contributed by atoms with Crippen molar-refractivity contribution >= 4 is 15.9 Å². The summed E-state index contributed by atoms with van der Waals surface area (Å²) in [5, 5.41) is 4.71. The molecule has 1 heterocycles. The van der Waals surface area contributed by atoms with Crippen LogP contribution in [0.5, 0.6) is 0 Å². The monoisotopic (exact) mass is 480 g/mol. The third kappa shape index (κ3) is 4.93. The molecular formula is C26H32N4O3S. The van der Waals surface area contributed by atoms with Gasteiger partial charge in [-0.3, -0.25) is 4.79 Å². The first kappa shape index (κ1) is 24.2. The number of para-hydroxylation sites is 1. The van der Waals surface area contributed by atoms with E-state index in [1.54, 1.807) is 24.1 Å². The maximum absolute atomic E-state index is 13.2. The van der Waals surface area contributed by atoms with Gasteiger partial charge in [0.2, 0.25) is 10.0 Å². The number of amides is 1. The van der Waals surface area contributed by atoms with E-state index in [9.17, 15) is 13.2 Å². The minimum absolute atomic E-state index is 0.0252. The highest BCUT2D eigenvalue weighted by Crippen LogP contribution is 2.23. The number of hydrogen-bond donors (Lipinski definition) is 1. The molecule has 4 rings (SSSR count). The summed E-state index contributed by atoms with van der Waals surface area (Å²) in [5.41, 5.74) is 5.29. The number of carbonyl (C=O) groups excluding carboxylic acids is 1. The predicted molar refractivity (Wildman–Crippen MR) is 133 cm³/mol. The van der Waals surface area contributed by atoms with Gasteiger partial charge in [0.05, 0.1) is 16.3 Å². The van der Waals surface area contributed by atoms with E-state index in [-0.39, 0.29) is 16.8 Å². The number of nitrogens with one attached hydrogen (secondary N) is 1. The summed E-state index contributed by atoms with van der Waals surface area (Å²) < 4.78 is 30.4. The first-order chi connectivity index (χ1) is 16.2. The fourth-order valence-electron chi connectivity index (χ4n) is 4.60. The van der Waals surface area contributed by atoms with Gasteiger partial charge in [0.25, 0.3) is 5.91 Å². The number of aromatic nitrogens is 2. The second-order valence-electron chi connectivity index (χ2n) is 9.14. The van der Waals surface area contributed by atoms with Gasteiger partial charge in [0.1, 0.15) is 0 Å². The Morgan fingerprint density at radius 3 is 2.50 bits per heavy atom. The molecule has 8 heteroatoms. The summed E-state index contributed by atoms with van der Waals surface area (Å²) in [6.07, 6.45) is 3.79. The van der Waals surface area contributed by atoms with Crippen molar-refractivity contribution in [2.24, 2.45) is 0 Å². The molecule has 1 fully saturated rings. The van der Waals surface area contributed by atoms with Gasteiger partial charge in [-0.15, -0.1) is 0 Å². The largest absolute Gasteiger partial charge is 0.337 e. The molecule has 0 aliphatic heterocycles. The van der Waals surface area contributed by atoms with Crippen molar-refractivity contribution in [3.05, 3.63) is 76.6 Å². The summed E-state index contributed by atoms with van der Waals surface area (Å²) in [6.45, 7) is 6.36. The lowest BCUT2D eigenvalue weighted by atomic mass is 10.1. The first-order valence-electron chi connectivity index (χ1n) is 11.7. The Labute approximate surface area is 201 Å². The third-order valence-electron chi connectivity index (χ3n) is 6.60. The minimum atomic E-state index is -3.66. The van der Waals surface area contributed by atoms with E-state index in [0.29, 0.717) is 12.1 Å². The highest BCUT2D eigenvalue weighted by atomic mass is 32.2. The fraction of sp³-hybridized carbons (Fsp3) is 0.385. The maximum Gasteiger partial charge on any atom is 0.253 e. The molecule has 0 atom stereocenters.